The number of ether oxygens (including phenoxy) is 3. The van der Waals surface area contributed by atoms with Gasteiger partial charge in [-0.25, -0.2) is 9.36 Å². The molecule has 22 nitrogen and oxygen atoms in total. The molecule has 2 aliphatic heterocycles. The van der Waals surface area contributed by atoms with Gasteiger partial charge in [-0.3, -0.25) is 9.59 Å². The molecule has 5 rings (SSSR count). The van der Waals surface area contributed by atoms with E-state index in [0.29, 0.717) is 146 Å². The maximum Gasteiger partial charge on any atom is 0.247 e. The minimum absolute atomic E-state index is 0. The Labute approximate surface area is 414 Å². The van der Waals surface area contributed by atoms with E-state index in [1.54, 1.807) is 9.36 Å². The number of hydrogen-bond donors (Lipinski definition) is 4. The van der Waals surface area contributed by atoms with Crippen LogP contribution in [0.15, 0.2) is 12.4 Å². The number of halogens is 1. The van der Waals surface area contributed by atoms with Crippen molar-refractivity contribution in [2.45, 2.75) is 104 Å². The van der Waals surface area contributed by atoms with E-state index in [2.05, 4.69) is 83.2 Å². The van der Waals surface area contributed by atoms with Crippen LogP contribution in [-0.4, -0.2) is 172 Å². The summed E-state index contributed by atoms with van der Waals surface area (Å²) in [6.45, 7) is 19.9. The summed E-state index contributed by atoms with van der Waals surface area (Å²) in [5.41, 5.74) is 20.1. The second kappa shape index (κ2) is 29.4. The topological polar surface area (TPSA) is 265 Å². The van der Waals surface area contributed by atoms with Crippen molar-refractivity contribution in [1.82, 2.24) is 54.7 Å². The quantitative estimate of drug-likeness (QED) is 0.0575. The van der Waals surface area contributed by atoms with Gasteiger partial charge in [0.05, 0.1) is 68.9 Å². The van der Waals surface area contributed by atoms with Gasteiger partial charge >= 0.3 is 0 Å². The fourth-order valence-corrected chi connectivity index (χ4v) is 8.33. The summed E-state index contributed by atoms with van der Waals surface area (Å²) in [5, 5.41) is 20.9. The summed E-state index contributed by atoms with van der Waals surface area (Å²) >= 11 is 0. The van der Waals surface area contributed by atoms with Gasteiger partial charge in [0.15, 0.2) is 0 Å². The van der Waals surface area contributed by atoms with E-state index in [1.165, 1.54) is 0 Å². The first-order chi connectivity index (χ1) is 32.8. The van der Waals surface area contributed by atoms with Gasteiger partial charge in [-0.15, -0.1) is 29.0 Å². The molecule has 3 aromatic heterocycles. The number of anilines is 3. The summed E-state index contributed by atoms with van der Waals surface area (Å²) < 4.78 is 20.0. The van der Waals surface area contributed by atoms with Gasteiger partial charge in [-0.05, 0) is 56.4 Å². The Kier molecular flexibility index (Phi) is 24.2. The first kappa shape index (κ1) is 56.8. The highest BCUT2D eigenvalue weighted by Gasteiger charge is 2.35. The molecule has 0 spiro atoms. The highest BCUT2D eigenvalue weighted by molar-refractivity contribution is 5.85. The van der Waals surface area contributed by atoms with Crippen molar-refractivity contribution >= 4 is 42.1 Å². The number of nitrogens with one attached hydrogen (secondary N) is 1. The van der Waals surface area contributed by atoms with Crippen molar-refractivity contribution in [1.29, 1.82) is 0 Å². The molecule has 2 saturated heterocycles. The van der Waals surface area contributed by atoms with Crippen molar-refractivity contribution in [3.63, 3.8) is 0 Å². The van der Waals surface area contributed by atoms with Crippen LogP contribution in [0.3, 0.4) is 0 Å². The molecule has 2 amide bonds. The van der Waals surface area contributed by atoms with Gasteiger partial charge in [0.25, 0.3) is 0 Å². The minimum Gasteiger partial charge on any atom is -0.377 e. The van der Waals surface area contributed by atoms with Gasteiger partial charge in [0.2, 0.25) is 29.7 Å². The van der Waals surface area contributed by atoms with E-state index in [-0.39, 0.29) is 48.8 Å². The number of nitrogens with zero attached hydrogens (tertiary/aromatic N) is 13. The molecule has 5 atom stereocenters. The van der Waals surface area contributed by atoms with Crippen molar-refractivity contribution < 1.29 is 23.8 Å². The second-order valence-corrected chi connectivity index (χ2v) is 18.6. The summed E-state index contributed by atoms with van der Waals surface area (Å²) in [5.74, 6) is 4.65. The van der Waals surface area contributed by atoms with E-state index >= 15 is 0 Å². The van der Waals surface area contributed by atoms with Crippen LogP contribution in [0.4, 0.5) is 17.8 Å². The lowest BCUT2D eigenvalue weighted by Crippen LogP contribution is -2.52. The average molecular weight is 987 g/mol. The lowest BCUT2D eigenvalue weighted by atomic mass is 9.97. The lowest BCUT2D eigenvalue weighted by molar-refractivity contribution is -0.137. The number of unbranched alkanes of at least 4 members (excludes halogenated alkanes) is 1. The van der Waals surface area contributed by atoms with Gasteiger partial charge in [0, 0.05) is 58.9 Å². The zero-order valence-electron chi connectivity index (χ0n) is 41.8. The number of nitrogens with two attached hydrogens (primary N) is 3. The van der Waals surface area contributed by atoms with E-state index in [4.69, 9.17) is 52.8 Å². The molecular formula is C46H80ClN17O5. The number of piperazine rings is 2. The molecule has 69 heavy (non-hydrogen) atoms. The van der Waals surface area contributed by atoms with Crippen LogP contribution < -0.4 is 32.3 Å². The molecule has 0 unspecified atom stereocenters. The number of hydrogen-bond acceptors (Lipinski definition) is 18. The summed E-state index contributed by atoms with van der Waals surface area (Å²) in [4.78, 5) is 51.2. The van der Waals surface area contributed by atoms with Crippen LogP contribution in [0.25, 0.3) is 0 Å². The van der Waals surface area contributed by atoms with E-state index in [9.17, 15) is 9.59 Å². The molecule has 2 fully saturated rings. The number of carbonyl (C=O) groups excluding carboxylic acids is 2. The molecule has 0 bridgehead atoms. The standard InChI is InChI=1S/C46H79N17O5.ClH/c1-8-23-66-25-27-68-28-26-67-24-14-50-44-51-45(60-19-15-58(16-20-60)42(64)40(12-10-11-13-47)62-31-38(54-56-62)36(48)29-33(3)4)53-46(52-44)61-21-17-59(18-22-61)43(65)41(35(7)9-2)63-32-39(55-57-63)37(49)30-34(5)6;/h1,31-37,40-41H,9-30,47-49H2,2-7H3,(H,50,51,52,53);1H/t35-,36-,37-,40-,41-;/m0./s1. The summed E-state index contributed by atoms with van der Waals surface area (Å²) in [7, 11) is 0. The fourth-order valence-electron chi connectivity index (χ4n) is 8.33. The first-order valence-electron chi connectivity index (χ1n) is 24.6. The number of amides is 2. The third-order valence-corrected chi connectivity index (χ3v) is 12.3. The summed E-state index contributed by atoms with van der Waals surface area (Å²) in [6.07, 6.45) is 13.4. The molecule has 23 heteroatoms. The molecular weight excluding hydrogens is 906 g/mol. The maximum atomic E-state index is 14.3. The Morgan fingerprint density at radius 3 is 1.75 bits per heavy atom. The first-order valence-corrected chi connectivity index (χ1v) is 24.6. The second-order valence-electron chi connectivity index (χ2n) is 18.6. The van der Waals surface area contributed by atoms with Crippen molar-refractivity contribution in [2.75, 3.05) is 120 Å². The van der Waals surface area contributed by atoms with E-state index < -0.39 is 12.1 Å². The van der Waals surface area contributed by atoms with Crippen LogP contribution in [0.5, 0.6) is 0 Å². The number of terminal acetylenes is 1. The highest BCUT2D eigenvalue weighted by Crippen LogP contribution is 2.28. The maximum absolute atomic E-state index is 14.3. The Balaban J connectivity index is 0.0000104. The predicted molar refractivity (Wildman–Crippen MR) is 268 cm³/mol. The fraction of sp³-hybridized carbons (Fsp3) is 0.761. The van der Waals surface area contributed by atoms with E-state index in [1.807, 2.05) is 22.2 Å². The Bertz CT molecular complexity index is 2000. The molecule has 2 aliphatic rings. The number of aromatic nitrogens is 9. The third kappa shape index (κ3) is 17.3. The van der Waals surface area contributed by atoms with Gasteiger partial charge in [-0.1, -0.05) is 64.3 Å². The van der Waals surface area contributed by atoms with Crippen LogP contribution in [0.1, 0.15) is 116 Å². The third-order valence-electron chi connectivity index (χ3n) is 12.3. The zero-order valence-corrected chi connectivity index (χ0v) is 42.6. The minimum atomic E-state index is -0.519. The predicted octanol–water partition coefficient (Wildman–Crippen LogP) is 2.62. The Morgan fingerprint density at radius 2 is 1.23 bits per heavy atom. The smallest absolute Gasteiger partial charge is 0.247 e. The molecule has 0 aromatic carbocycles. The highest BCUT2D eigenvalue weighted by atomic mass is 35.5. The van der Waals surface area contributed by atoms with Gasteiger partial charge in [0.1, 0.15) is 18.7 Å². The van der Waals surface area contributed by atoms with Crippen molar-refractivity contribution in [3.05, 3.63) is 23.8 Å². The van der Waals surface area contributed by atoms with Crippen molar-refractivity contribution in [2.24, 2.45) is 35.0 Å². The number of carbonyl (C=O) groups is 2. The van der Waals surface area contributed by atoms with Crippen LogP contribution in [0, 0.1) is 30.1 Å². The van der Waals surface area contributed by atoms with Crippen molar-refractivity contribution in [3.8, 4) is 12.3 Å². The SMILES string of the molecule is C#CCOCCOCCOCCNc1nc(N2CCN(C(=O)[C@H]([C@@H](C)CC)n3cc([C@@H](N)CC(C)C)nn3)CC2)nc(N2CCN(C(=O)[C@H](CCCCN)n3cc([C@@H](N)CC(C)C)nn3)CC2)n1.Cl. The molecule has 0 radical (unpaired) electrons. The molecule has 386 valence electrons. The van der Waals surface area contributed by atoms with Gasteiger partial charge < -0.3 is 56.3 Å². The molecule has 7 N–H and O–H groups in total. The largest absolute Gasteiger partial charge is 0.377 e. The Hall–Kier alpha value is -4.76. The molecule has 3 aromatic rings. The summed E-state index contributed by atoms with van der Waals surface area (Å²) in [6, 6.07) is -1.53. The molecule has 0 aliphatic carbocycles. The lowest BCUT2D eigenvalue weighted by Gasteiger charge is -2.38. The monoisotopic (exact) mass is 986 g/mol. The average Bonchev–Trinajstić information content (AvgIpc) is 4.03. The molecule has 0 saturated carbocycles. The van der Waals surface area contributed by atoms with Crippen LogP contribution in [0.2, 0.25) is 0 Å². The van der Waals surface area contributed by atoms with Crippen LogP contribution >= 0.6 is 12.4 Å². The zero-order chi connectivity index (χ0) is 49.0. The van der Waals surface area contributed by atoms with E-state index in [0.717, 1.165) is 32.1 Å². The Morgan fingerprint density at radius 1 is 0.725 bits per heavy atom. The van der Waals surface area contributed by atoms with Gasteiger partial charge in [-0.2, -0.15) is 15.0 Å². The number of rotatable bonds is 29. The molecule has 5 heterocycles. The van der Waals surface area contributed by atoms with Crippen LogP contribution in [-0.2, 0) is 23.8 Å². The normalized spacial score (nSPS) is 16.6.